The highest BCUT2D eigenvalue weighted by atomic mass is 16.5. The normalized spacial score (nSPS) is 9.68. The van der Waals surface area contributed by atoms with Crippen molar-refractivity contribution in [3.63, 3.8) is 0 Å². The molecule has 0 radical (unpaired) electrons. The van der Waals surface area contributed by atoms with Crippen LogP contribution in [-0.2, 0) is 11.3 Å². The lowest BCUT2D eigenvalue weighted by atomic mass is 10.0. The van der Waals surface area contributed by atoms with Crippen LogP contribution in [0.4, 0.5) is 0 Å². The highest BCUT2D eigenvalue weighted by molar-refractivity contribution is 5.92. The third-order valence-corrected chi connectivity index (χ3v) is 2.82. The van der Waals surface area contributed by atoms with Crippen LogP contribution >= 0.6 is 0 Å². The van der Waals surface area contributed by atoms with Gasteiger partial charge in [0.15, 0.2) is 0 Å². The lowest BCUT2D eigenvalue weighted by molar-refractivity contribution is 0.0472. The first-order valence-corrected chi connectivity index (χ1v) is 5.93. The van der Waals surface area contributed by atoms with Gasteiger partial charge in [-0.3, -0.25) is 0 Å². The van der Waals surface area contributed by atoms with E-state index in [1.54, 1.807) is 25.1 Å². The van der Waals surface area contributed by atoms with Gasteiger partial charge in [0.25, 0.3) is 0 Å². The van der Waals surface area contributed by atoms with Gasteiger partial charge < -0.3 is 4.74 Å². The minimum atomic E-state index is -0.468. The summed E-state index contributed by atoms with van der Waals surface area (Å²) in [4.78, 5) is 12.0. The molecule has 3 heteroatoms. The summed E-state index contributed by atoms with van der Waals surface area (Å²) < 4.78 is 5.22. The summed E-state index contributed by atoms with van der Waals surface area (Å²) in [6.45, 7) is 2.00. The molecule has 2 aromatic carbocycles. The number of aryl methyl sites for hydroxylation is 1. The molecule has 19 heavy (non-hydrogen) atoms. The number of benzene rings is 2. The molecule has 3 nitrogen and oxygen atoms in total. The van der Waals surface area contributed by atoms with Crippen molar-refractivity contribution in [2.24, 2.45) is 0 Å². The lowest BCUT2D eigenvalue weighted by Crippen LogP contribution is -2.08. The smallest absolute Gasteiger partial charge is 0.339 e. The van der Waals surface area contributed by atoms with Gasteiger partial charge >= 0.3 is 5.97 Å². The summed E-state index contributed by atoms with van der Waals surface area (Å²) >= 11 is 0. The van der Waals surface area contributed by atoms with Crippen LogP contribution in [0.2, 0.25) is 0 Å². The molecular formula is C16H13NO2. The van der Waals surface area contributed by atoms with Crippen molar-refractivity contribution < 1.29 is 9.53 Å². The van der Waals surface area contributed by atoms with Crippen molar-refractivity contribution in [1.82, 2.24) is 0 Å². The third-order valence-electron chi connectivity index (χ3n) is 2.82. The Hall–Kier alpha value is -2.60. The van der Waals surface area contributed by atoms with Gasteiger partial charge in [-0.15, -0.1) is 0 Å². The first-order valence-electron chi connectivity index (χ1n) is 5.93. The number of hydrogen-bond acceptors (Lipinski definition) is 3. The molecule has 0 aliphatic rings. The summed E-state index contributed by atoms with van der Waals surface area (Å²) in [6, 6.07) is 16.6. The monoisotopic (exact) mass is 251 g/mol. The molecule has 0 N–H and O–H groups in total. The Balaban J connectivity index is 2.13. The number of ether oxygens (including phenoxy) is 1. The predicted octanol–water partition coefficient (Wildman–Crippen LogP) is 3.22. The van der Waals surface area contributed by atoms with Crippen molar-refractivity contribution in [3.8, 4) is 6.07 Å². The summed E-state index contributed by atoms with van der Waals surface area (Å²) in [7, 11) is 0. The Morgan fingerprint density at radius 1 is 1.16 bits per heavy atom. The van der Waals surface area contributed by atoms with Crippen molar-refractivity contribution in [2.45, 2.75) is 13.5 Å². The second kappa shape index (κ2) is 5.83. The molecule has 0 heterocycles. The van der Waals surface area contributed by atoms with Gasteiger partial charge in [-0.25, -0.2) is 4.79 Å². The summed E-state index contributed by atoms with van der Waals surface area (Å²) in [6.07, 6.45) is 0. The quantitative estimate of drug-likeness (QED) is 0.787. The minimum absolute atomic E-state index is 0.207. The molecule has 0 atom stereocenters. The van der Waals surface area contributed by atoms with Crippen molar-refractivity contribution in [2.75, 3.05) is 0 Å². The fourth-order valence-electron chi connectivity index (χ4n) is 1.79. The second-order valence-corrected chi connectivity index (χ2v) is 4.17. The second-order valence-electron chi connectivity index (χ2n) is 4.17. The Morgan fingerprint density at radius 3 is 2.58 bits per heavy atom. The first kappa shape index (κ1) is 12.8. The Morgan fingerprint density at radius 2 is 1.89 bits per heavy atom. The van der Waals surface area contributed by atoms with Crippen LogP contribution in [0.3, 0.4) is 0 Å². The number of nitriles is 1. The predicted molar refractivity (Wildman–Crippen MR) is 71.5 cm³/mol. The fourth-order valence-corrected chi connectivity index (χ4v) is 1.79. The van der Waals surface area contributed by atoms with E-state index in [0.29, 0.717) is 11.1 Å². The van der Waals surface area contributed by atoms with Crippen molar-refractivity contribution >= 4 is 5.97 Å². The van der Waals surface area contributed by atoms with Gasteiger partial charge in [-0.2, -0.15) is 5.26 Å². The van der Waals surface area contributed by atoms with Crippen LogP contribution in [0.1, 0.15) is 27.0 Å². The average molecular weight is 251 g/mol. The molecule has 0 aromatic heterocycles. The Bertz CT molecular complexity index is 627. The van der Waals surface area contributed by atoms with Gasteiger partial charge in [-0.1, -0.05) is 42.5 Å². The van der Waals surface area contributed by atoms with E-state index in [-0.39, 0.29) is 6.61 Å². The van der Waals surface area contributed by atoms with Crippen LogP contribution in [0.25, 0.3) is 0 Å². The van der Waals surface area contributed by atoms with E-state index in [4.69, 9.17) is 10.00 Å². The Labute approximate surface area is 112 Å². The molecular weight excluding hydrogens is 238 g/mol. The van der Waals surface area contributed by atoms with E-state index < -0.39 is 5.97 Å². The SMILES string of the molecule is Cc1cccc(C(=O)OCc2ccccc2)c1C#N. The summed E-state index contributed by atoms with van der Waals surface area (Å²) in [5.74, 6) is -0.468. The van der Waals surface area contributed by atoms with E-state index in [1.165, 1.54) is 0 Å². The van der Waals surface area contributed by atoms with Gasteiger partial charge in [-0.05, 0) is 24.1 Å². The molecule has 0 unspecified atom stereocenters. The molecule has 0 amide bonds. The molecule has 0 aliphatic carbocycles. The molecule has 2 rings (SSSR count). The molecule has 0 aliphatic heterocycles. The molecule has 0 fully saturated rings. The molecule has 0 bridgehead atoms. The maximum absolute atomic E-state index is 12.0. The van der Waals surface area contributed by atoms with Crippen molar-refractivity contribution in [3.05, 3.63) is 70.8 Å². The number of rotatable bonds is 3. The number of carbonyl (C=O) groups is 1. The zero-order chi connectivity index (χ0) is 13.7. The van der Waals surface area contributed by atoms with Crippen LogP contribution in [0, 0.1) is 18.3 Å². The third kappa shape index (κ3) is 2.99. The fraction of sp³-hybridized carbons (Fsp3) is 0.125. The number of hydrogen-bond donors (Lipinski definition) is 0. The largest absolute Gasteiger partial charge is 0.457 e. The van der Waals surface area contributed by atoms with Gasteiger partial charge in [0.2, 0.25) is 0 Å². The number of carbonyl (C=O) groups excluding carboxylic acids is 1. The van der Waals surface area contributed by atoms with Crippen molar-refractivity contribution in [1.29, 1.82) is 5.26 Å². The molecule has 2 aromatic rings. The number of esters is 1. The zero-order valence-corrected chi connectivity index (χ0v) is 10.6. The van der Waals surface area contributed by atoms with E-state index in [9.17, 15) is 4.79 Å². The highest BCUT2D eigenvalue weighted by Gasteiger charge is 2.14. The van der Waals surface area contributed by atoms with Crippen LogP contribution in [-0.4, -0.2) is 5.97 Å². The first-order chi connectivity index (χ1) is 9.22. The van der Waals surface area contributed by atoms with E-state index in [2.05, 4.69) is 0 Å². The highest BCUT2D eigenvalue weighted by Crippen LogP contribution is 2.15. The topological polar surface area (TPSA) is 50.1 Å². The van der Waals surface area contributed by atoms with Gasteiger partial charge in [0.05, 0.1) is 11.1 Å². The van der Waals surface area contributed by atoms with Gasteiger partial charge in [0, 0.05) is 0 Å². The summed E-state index contributed by atoms with van der Waals surface area (Å²) in [5, 5.41) is 9.08. The maximum atomic E-state index is 12.0. The van der Waals surface area contributed by atoms with Gasteiger partial charge in [0.1, 0.15) is 12.7 Å². The average Bonchev–Trinajstić information content (AvgIpc) is 2.45. The Kier molecular flexibility index (Phi) is 3.94. The maximum Gasteiger partial charge on any atom is 0.339 e. The molecule has 0 saturated heterocycles. The van der Waals surface area contributed by atoms with Crippen LogP contribution in [0.5, 0.6) is 0 Å². The molecule has 94 valence electrons. The standard InChI is InChI=1S/C16H13NO2/c1-12-6-5-9-14(15(12)10-17)16(18)19-11-13-7-3-2-4-8-13/h2-9H,11H2,1H3. The number of nitrogens with zero attached hydrogens (tertiary/aromatic N) is 1. The lowest BCUT2D eigenvalue weighted by Gasteiger charge is -2.07. The molecule has 0 saturated carbocycles. The van der Waals surface area contributed by atoms with Crippen LogP contribution in [0.15, 0.2) is 48.5 Å². The molecule has 0 spiro atoms. The zero-order valence-electron chi connectivity index (χ0n) is 10.6. The van der Waals surface area contributed by atoms with E-state index in [1.807, 2.05) is 36.4 Å². The van der Waals surface area contributed by atoms with E-state index >= 15 is 0 Å². The van der Waals surface area contributed by atoms with E-state index in [0.717, 1.165) is 11.1 Å². The van der Waals surface area contributed by atoms with Crippen LogP contribution < -0.4 is 0 Å². The summed E-state index contributed by atoms with van der Waals surface area (Å²) in [5.41, 5.74) is 2.39. The minimum Gasteiger partial charge on any atom is -0.457 e.